The molecule has 0 spiro atoms. The minimum Gasteiger partial charge on any atom is -0.350 e. The Hall–Kier alpha value is -1.16. The van der Waals surface area contributed by atoms with Crippen molar-refractivity contribution in [1.29, 1.82) is 0 Å². The third kappa shape index (κ3) is 2.70. The lowest BCUT2D eigenvalue weighted by Crippen LogP contribution is -2.46. The van der Waals surface area contributed by atoms with Crippen LogP contribution >= 0.6 is 0 Å². The van der Waals surface area contributed by atoms with Crippen LogP contribution in [0.3, 0.4) is 0 Å². The molecule has 1 aromatic heterocycles. The molecule has 0 bridgehead atoms. The number of aryl methyl sites for hydroxylation is 2. The second-order valence-corrected chi connectivity index (χ2v) is 4.61. The molecule has 88 valence electrons. The van der Waals surface area contributed by atoms with E-state index in [1.165, 1.54) is 12.8 Å². The van der Waals surface area contributed by atoms with E-state index in [0.29, 0.717) is 12.1 Å². The van der Waals surface area contributed by atoms with Gasteiger partial charge in [-0.1, -0.05) is 0 Å². The number of nitrogens with one attached hydrogen (secondary N) is 2. The number of hydrogen-bond acceptors (Lipinski definition) is 4. The van der Waals surface area contributed by atoms with Gasteiger partial charge in [-0.25, -0.2) is 9.97 Å². The van der Waals surface area contributed by atoms with E-state index in [2.05, 4.69) is 27.5 Å². The van der Waals surface area contributed by atoms with E-state index in [4.69, 9.17) is 0 Å². The molecule has 0 saturated carbocycles. The van der Waals surface area contributed by atoms with Gasteiger partial charge in [-0.2, -0.15) is 0 Å². The molecule has 2 N–H and O–H groups in total. The van der Waals surface area contributed by atoms with E-state index in [1.54, 1.807) is 0 Å². The van der Waals surface area contributed by atoms with Gasteiger partial charge in [0, 0.05) is 23.5 Å². The van der Waals surface area contributed by atoms with E-state index >= 15 is 0 Å². The van der Waals surface area contributed by atoms with Crippen molar-refractivity contribution in [2.75, 3.05) is 11.9 Å². The molecule has 0 amide bonds. The van der Waals surface area contributed by atoms with Crippen LogP contribution in [0.5, 0.6) is 0 Å². The van der Waals surface area contributed by atoms with E-state index in [1.807, 2.05) is 19.9 Å². The van der Waals surface area contributed by atoms with Crippen LogP contribution in [0.4, 0.5) is 5.95 Å². The molecule has 2 atom stereocenters. The highest BCUT2D eigenvalue weighted by Gasteiger charge is 2.21. The molecule has 16 heavy (non-hydrogen) atoms. The summed E-state index contributed by atoms with van der Waals surface area (Å²) < 4.78 is 0. The van der Waals surface area contributed by atoms with Gasteiger partial charge < -0.3 is 10.6 Å². The summed E-state index contributed by atoms with van der Waals surface area (Å²) >= 11 is 0. The molecule has 0 unspecified atom stereocenters. The zero-order chi connectivity index (χ0) is 11.5. The molecule has 1 fully saturated rings. The molecule has 1 aliphatic heterocycles. The first-order valence-corrected chi connectivity index (χ1v) is 5.97. The standard InChI is InChI=1S/C12H20N4/c1-8-7-9(2)15-12(14-8)16-11-5-4-6-13-10(11)3/h7,10-11,13H,4-6H2,1-3H3,(H,14,15,16)/t10-,11+/m1/s1. The largest absolute Gasteiger partial charge is 0.350 e. The molecule has 4 heteroatoms. The fourth-order valence-corrected chi connectivity index (χ4v) is 2.20. The summed E-state index contributed by atoms with van der Waals surface area (Å²) in [5, 5.41) is 6.89. The first kappa shape index (κ1) is 11.3. The first-order chi connectivity index (χ1) is 7.65. The predicted octanol–water partition coefficient (Wildman–Crippen LogP) is 1.65. The van der Waals surface area contributed by atoms with Crippen molar-refractivity contribution in [3.05, 3.63) is 17.5 Å². The van der Waals surface area contributed by atoms with Gasteiger partial charge in [-0.3, -0.25) is 0 Å². The van der Waals surface area contributed by atoms with Gasteiger partial charge in [-0.05, 0) is 46.2 Å². The van der Waals surface area contributed by atoms with Crippen molar-refractivity contribution in [3.8, 4) is 0 Å². The second kappa shape index (κ2) is 4.78. The fourth-order valence-electron chi connectivity index (χ4n) is 2.20. The number of rotatable bonds is 2. The summed E-state index contributed by atoms with van der Waals surface area (Å²) in [6, 6.07) is 2.92. The van der Waals surface area contributed by atoms with Crippen LogP contribution < -0.4 is 10.6 Å². The Bertz CT molecular complexity index is 344. The van der Waals surface area contributed by atoms with Crippen LogP contribution in [0.1, 0.15) is 31.2 Å². The molecule has 0 aliphatic carbocycles. The van der Waals surface area contributed by atoms with Crippen LogP contribution in [0, 0.1) is 13.8 Å². The lowest BCUT2D eigenvalue weighted by molar-refractivity contribution is 0.388. The number of aromatic nitrogens is 2. The number of nitrogens with zero attached hydrogens (tertiary/aromatic N) is 2. The quantitative estimate of drug-likeness (QED) is 0.795. The van der Waals surface area contributed by atoms with E-state index in [9.17, 15) is 0 Å². The summed E-state index contributed by atoms with van der Waals surface area (Å²) in [7, 11) is 0. The van der Waals surface area contributed by atoms with Crippen LogP contribution in [0.2, 0.25) is 0 Å². The maximum atomic E-state index is 4.41. The minimum atomic E-state index is 0.440. The van der Waals surface area contributed by atoms with Gasteiger partial charge in [0.15, 0.2) is 0 Å². The lowest BCUT2D eigenvalue weighted by Gasteiger charge is -2.30. The van der Waals surface area contributed by atoms with Crippen LogP contribution in [0.25, 0.3) is 0 Å². The number of hydrogen-bond donors (Lipinski definition) is 2. The molecule has 1 saturated heterocycles. The third-order valence-corrected chi connectivity index (χ3v) is 3.06. The highest BCUT2D eigenvalue weighted by Crippen LogP contribution is 2.13. The molecule has 2 heterocycles. The maximum absolute atomic E-state index is 4.41. The Morgan fingerprint density at radius 1 is 1.31 bits per heavy atom. The molecule has 0 aromatic carbocycles. The molecule has 4 nitrogen and oxygen atoms in total. The van der Waals surface area contributed by atoms with Crippen LogP contribution in [-0.4, -0.2) is 28.6 Å². The van der Waals surface area contributed by atoms with Gasteiger partial charge >= 0.3 is 0 Å². The smallest absolute Gasteiger partial charge is 0.223 e. The molecule has 2 rings (SSSR count). The van der Waals surface area contributed by atoms with E-state index in [0.717, 1.165) is 23.9 Å². The van der Waals surface area contributed by atoms with Crippen molar-refractivity contribution < 1.29 is 0 Å². The van der Waals surface area contributed by atoms with Crippen molar-refractivity contribution in [2.24, 2.45) is 0 Å². The Kier molecular flexibility index (Phi) is 3.39. The summed E-state index contributed by atoms with van der Waals surface area (Å²) in [4.78, 5) is 8.83. The third-order valence-electron chi connectivity index (χ3n) is 3.06. The summed E-state index contributed by atoms with van der Waals surface area (Å²) in [6.07, 6.45) is 2.40. The van der Waals surface area contributed by atoms with E-state index < -0.39 is 0 Å². The molecular formula is C12H20N4. The number of piperidine rings is 1. The van der Waals surface area contributed by atoms with Gasteiger partial charge in [0.25, 0.3) is 0 Å². The van der Waals surface area contributed by atoms with Crippen molar-refractivity contribution in [3.63, 3.8) is 0 Å². The highest BCUT2D eigenvalue weighted by atomic mass is 15.1. The van der Waals surface area contributed by atoms with Gasteiger partial charge in [0.1, 0.15) is 0 Å². The monoisotopic (exact) mass is 220 g/mol. The van der Waals surface area contributed by atoms with Crippen LogP contribution in [0.15, 0.2) is 6.07 Å². The normalized spacial score (nSPS) is 25.4. The topological polar surface area (TPSA) is 49.8 Å². The average molecular weight is 220 g/mol. The molecule has 1 aromatic rings. The fraction of sp³-hybridized carbons (Fsp3) is 0.667. The number of anilines is 1. The molecule has 0 radical (unpaired) electrons. The summed E-state index contributed by atoms with van der Waals surface area (Å²) in [5.41, 5.74) is 2.04. The Morgan fingerprint density at radius 2 is 2.00 bits per heavy atom. The van der Waals surface area contributed by atoms with Crippen molar-refractivity contribution in [1.82, 2.24) is 15.3 Å². The Balaban J connectivity index is 2.07. The summed E-state index contributed by atoms with van der Waals surface area (Å²) in [5.74, 6) is 0.762. The van der Waals surface area contributed by atoms with Gasteiger partial charge in [0.2, 0.25) is 5.95 Å². The highest BCUT2D eigenvalue weighted by molar-refractivity contribution is 5.29. The maximum Gasteiger partial charge on any atom is 0.223 e. The molecule has 1 aliphatic rings. The molecular weight excluding hydrogens is 200 g/mol. The Morgan fingerprint density at radius 3 is 2.62 bits per heavy atom. The SMILES string of the molecule is Cc1cc(C)nc(N[C@H]2CCCN[C@@H]2C)n1. The average Bonchev–Trinajstić information content (AvgIpc) is 2.20. The second-order valence-electron chi connectivity index (χ2n) is 4.61. The Labute approximate surface area is 96.9 Å². The zero-order valence-electron chi connectivity index (χ0n) is 10.2. The van der Waals surface area contributed by atoms with Crippen LogP contribution in [-0.2, 0) is 0 Å². The minimum absolute atomic E-state index is 0.440. The predicted molar refractivity (Wildman–Crippen MR) is 65.6 cm³/mol. The first-order valence-electron chi connectivity index (χ1n) is 5.97. The van der Waals surface area contributed by atoms with Crippen molar-refractivity contribution in [2.45, 2.75) is 45.7 Å². The van der Waals surface area contributed by atoms with Gasteiger partial charge in [0.05, 0.1) is 0 Å². The summed E-state index contributed by atoms with van der Waals surface area (Å²) in [6.45, 7) is 7.33. The van der Waals surface area contributed by atoms with Gasteiger partial charge in [-0.15, -0.1) is 0 Å². The van der Waals surface area contributed by atoms with Crippen molar-refractivity contribution >= 4 is 5.95 Å². The zero-order valence-corrected chi connectivity index (χ0v) is 10.2. The van der Waals surface area contributed by atoms with E-state index in [-0.39, 0.29) is 0 Å². The lowest BCUT2D eigenvalue weighted by atomic mass is 10.0.